The van der Waals surface area contributed by atoms with Crippen LogP contribution < -0.4 is 0 Å². The highest BCUT2D eigenvalue weighted by Crippen LogP contribution is 2.33. The summed E-state index contributed by atoms with van der Waals surface area (Å²) in [7, 11) is 0. The Bertz CT molecular complexity index is 2940. The third-order valence-electron chi connectivity index (χ3n) is 18.1. The van der Waals surface area contributed by atoms with Gasteiger partial charge in [-0.05, 0) is 171 Å². The van der Waals surface area contributed by atoms with Gasteiger partial charge in [0.2, 0.25) is 0 Å². The zero-order valence-electron chi connectivity index (χ0n) is 52.8. The number of likely N-dealkylation sites (tertiary alicyclic amines) is 3. The van der Waals surface area contributed by atoms with E-state index in [1.165, 1.54) is 91.6 Å². The van der Waals surface area contributed by atoms with Crippen molar-refractivity contribution in [3.63, 3.8) is 0 Å². The van der Waals surface area contributed by atoms with Crippen molar-refractivity contribution in [3.8, 4) is 0 Å². The van der Waals surface area contributed by atoms with E-state index in [1.54, 1.807) is 37.2 Å². The van der Waals surface area contributed by atoms with Crippen LogP contribution in [0.5, 0.6) is 0 Å². The second-order valence-corrected chi connectivity index (χ2v) is 25.0. The van der Waals surface area contributed by atoms with Crippen molar-refractivity contribution in [1.82, 2.24) is 59.6 Å². The van der Waals surface area contributed by atoms with Gasteiger partial charge < -0.3 is 29.5 Å². The molecule has 3 atom stereocenters. The van der Waals surface area contributed by atoms with Gasteiger partial charge in [-0.3, -0.25) is 44.0 Å². The smallest absolute Gasteiger partial charge is 0.305 e. The first-order chi connectivity index (χ1) is 43.7. The number of aliphatic carboxylic acids is 3. The van der Waals surface area contributed by atoms with E-state index in [2.05, 4.69) is 81.0 Å². The summed E-state index contributed by atoms with van der Waals surface area (Å²) in [6.07, 6.45) is 31.1. The molecule has 0 spiro atoms. The monoisotopic (exact) mass is 1230 g/mol. The second-order valence-electron chi connectivity index (χ2n) is 25.0. The van der Waals surface area contributed by atoms with E-state index < -0.39 is 17.9 Å². The van der Waals surface area contributed by atoms with Gasteiger partial charge in [-0.15, -0.1) is 0 Å². The van der Waals surface area contributed by atoms with Gasteiger partial charge in [0.1, 0.15) is 17.5 Å². The molecule has 6 aromatic heterocycles. The Morgan fingerprint density at radius 3 is 0.922 bits per heavy atom. The molecule has 3 aliphatic heterocycles. The number of aryl methyl sites for hydroxylation is 12. The molecular weight excluding hydrogens is 1140 g/mol. The summed E-state index contributed by atoms with van der Waals surface area (Å²) in [4.78, 5) is 80.1. The molecule has 1 unspecified atom stereocenters. The summed E-state index contributed by atoms with van der Waals surface area (Å²) in [5.74, 6) is -0.393. The van der Waals surface area contributed by atoms with E-state index >= 15 is 0 Å². The average Bonchev–Trinajstić information content (AvgIpc) is 1.11. The fraction of sp³-hybridized carbons (Fsp3) is 0.565. The van der Waals surface area contributed by atoms with Crippen LogP contribution in [-0.4, -0.2) is 170 Å². The summed E-state index contributed by atoms with van der Waals surface area (Å²) >= 11 is 0. The van der Waals surface area contributed by atoms with Gasteiger partial charge in [-0.25, -0.2) is 29.9 Å². The summed E-state index contributed by atoms with van der Waals surface area (Å²) in [5.41, 5.74) is 14.2. The Labute approximate surface area is 528 Å². The molecule has 21 nitrogen and oxygen atoms in total. The van der Waals surface area contributed by atoms with Crippen molar-refractivity contribution in [1.29, 1.82) is 0 Å². The van der Waals surface area contributed by atoms with Gasteiger partial charge in [-0.2, -0.15) is 0 Å². The average molecular weight is 1230 g/mol. The lowest BCUT2D eigenvalue weighted by Crippen LogP contribution is -2.53. The highest BCUT2D eigenvalue weighted by molar-refractivity contribution is 5.68. The van der Waals surface area contributed by atoms with Crippen molar-refractivity contribution >= 4 is 17.9 Å². The van der Waals surface area contributed by atoms with Gasteiger partial charge in [0.15, 0.2) is 0 Å². The van der Waals surface area contributed by atoms with E-state index in [-0.39, 0.29) is 55.7 Å². The van der Waals surface area contributed by atoms with E-state index in [4.69, 9.17) is 29.2 Å². The highest BCUT2D eigenvalue weighted by atomic mass is 16.5. The predicted octanol–water partition coefficient (Wildman–Crippen LogP) is 8.72. The number of pyridine rings is 3. The minimum atomic E-state index is -0.817. The second kappa shape index (κ2) is 32.7. The van der Waals surface area contributed by atoms with Crippen LogP contribution in [-0.2, 0) is 86.4 Å². The third kappa shape index (κ3) is 19.2. The molecule has 0 aromatic carbocycles. The maximum atomic E-state index is 11.3. The number of nitrogens with zero attached hydrogens (tertiary/aromatic N) is 12. The molecule has 6 aromatic rings. The molecule has 6 aliphatic rings. The summed E-state index contributed by atoms with van der Waals surface area (Å²) in [5, 5.41) is 27.9. The molecule has 9 heterocycles. The highest BCUT2D eigenvalue weighted by Gasteiger charge is 2.38. The Balaban J connectivity index is 0.000000148. The largest absolute Gasteiger partial charge is 0.481 e. The fourth-order valence-electron chi connectivity index (χ4n) is 12.9. The lowest BCUT2D eigenvalue weighted by molar-refractivity contribution is -0.141. The van der Waals surface area contributed by atoms with Crippen LogP contribution in [0, 0.1) is 20.8 Å². The van der Waals surface area contributed by atoms with Crippen LogP contribution in [0.1, 0.15) is 180 Å². The van der Waals surface area contributed by atoms with Crippen LogP contribution in [0.2, 0.25) is 0 Å². The first-order valence-corrected chi connectivity index (χ1v) is 32.8. The number of hydrogen-bond donors (Lipinski definition) is 3. The quantitative estimate of drug-likeness (QED) is 0.0407. The Hall–Kier alpha value is -7.14. The Morgan fingerprint density at radius 2 is 0.667 bits per heavy atom. The van der Waals surface area contributed by atoms with Gasteiger partial charge in [0, 0.05) is 165 Å². The summed E-state index contributed by atoms with van der Waals surface area (Å²) in [6, 6.07) is 12.6. The number of hydrogen-bond acceptors (Lipinski definition) is 18. The first kappa shape index (κ1) is 65.8. The summed E-state index contributed by atoms with van der Waals surface area (Å²) < 4.78 is 18.0. The molecule has 0 bridgehead atoms. The molecule has 0 radical (unpaired) electrons. The molecular formula is C69H90N12O9. The third-order valence-corrected chi connectivity index (χ3v) is 18.1. The lowest BCUT2D eigenvalue weighted by atomic mass is 9.95. The molecule has 3 fully saturated rings. The molecule has 90 heavy (non-hydrogen) atoms. The number of carboxylic acid groups (broad SMARTS) is 3. The number of ether oxygens (including phenoxy) is 3. The van der Waals surface area contributed by atoms with Crippen LogP contribution >= 0.6 is 0 Å². The molecule has 12 rings (SSSR count). The van der Waals surface area contributed by atoms with Crippen molar-refractivity contribution in [2.45, 2.75) is 192 Å². The maximum Gasteiger partial charge on any atom is 0.305 e. The molecule has 3 aliphatic carbocycles. The Kier molecular flexibility index (Phi) is 23.9. The molecule has 0 saturated carbocycles. The Morgan fingerprint density at radius 1 is 0.411 bits per heavy atom. The van der Waals surface area contributed by atoms with Gasteiger partial charge in [0.25, 0.3) is 0 Å². The molecule has 480 valence electrons. The number of carbonyl (C=O) groups is 3. The van der Waals surface area contributed by atoms with Crippen molar-refractivity contribution in [3.05, 3.63) is 159 Å². The van der Waals surface area contributed by atoms with Crippen molar-refractivity contribution in [2.24, 2.45) is 0 Å². The number of aromatic nitrogens is 9. The van der Waals surface area contributed by atoms with E-state index in [0.717, 1.165) is 131 Å². The van der Waals surface area contributed by atoms with Crippen molar-refractivity contribution in [2.75, 3.05) is 59.1 Å². The zero-order chi connectivity index (χ0) is 62.8. The van der Waals surface area contributed by atoms with Crippen LogP contribution in [0.15, 0.2) is 73.6 Å². The van der Waals surface area contributed by atoms with Gasteiger partial charge in [0.05, 0.1) is 37.6 Å². The van der Waals surface area contributed by atoms with Crippen LogP contribution in [0.3, 0.4) is 0 Å². The first-order valence-electron chi connectivity index (χ1n) is 32.8. The fourth-order valence-corrected chi connectivity index (χ4v) is 12.9. The molecule has 3 saturated heterocycles. The standard InChI is InChI=1S/3C23H30N4O3/c3*1-16-24-12-18(13-25-16)22(11-23(28)29)27-14-20(15-27)30-10-4-6-19-9-8-17-5-2-3-7-21(17)26-19/h3*8-9,12-13,20,22H,2-7,10-11,14-15H2,1H3,(H,28,29)/t2*22-;/m10./s1. The van der Waals surface area contributed by atoms with Crippen molar-refractivity contribution < 1.29 is 43.9 Å². The number of fused-ring (bicyclic) bond motifs is 3. The normalized spacial score (nSPS) is 17.9. The van der Waals surface area contributed by atoms with Gasteiger partial charge >= 0.3 is 17.9 Å². The van der Waals surface area contributed by atoms with E-state index in [0.29, 0.717) is 37.3 Å². The minimum Gasteiger partial charge on any atom is -0.481 e. The number of rotatable bonds is 27. The predicted molar refractivity (Wildman–Crippen MR) is 337 cm³/mol. The van der Waals surface area contributed by atoms with Crippen LogP contribution in [0.4, 0.5) is 0 Å². The van der Waals surface area contributed by atoms with Crippen LogP contribution in [0.25, 0.3) is 0 Å². The lowest BCUT2D eigenvalue weighted by Gasteiger charge is -2.43. The zero-order valence-corrected chi connectivity index (χ0v) is 52.8. The molecule has 0 amide bonds. The van der Waals surface area contributed by atoms with E-state index in [9.17, 15) is 29.7 Å². The molecule has 21 heteroatoms. The summed E-state index contributed by atoms with van der Waals surface area (Å²) in [6.45, 7) is 12.0. The molecule has 3 N–H and O–H groups in total. The minimum absolute atomic E-state index is 0.0448. The van der Waals surface area contributed by atoms with E-state index in [1.807, 2.05) is 20.8 Å². The topological polar surface area (TPSA) is 265 Å². The van der Waals surface area contributed by atoms with Gasteiger partial charge in [-0.1, -0.05) is 18.2 Å². The SMILES string of the molecule is Cc1ncc(C(CC(=O)O)N2CC(OCCCc3ccc4c(n3)CCCC4)C2)cn1.Cc1ncc([C@@H](CC(=O)O)N2CC(OCCCc3ccc4c(n3)CCCC4)C2)cn1.Cc1ncc([C@H](CC(=O)O)N2CC(OCCCc3ccc4c(n3)CCCC4)C2)cn1. The maximum absolute atomic E-state index is 11.3. The number of carboxylic acids is 3.